The third kappa shape index (κ3) is 7.01. The number of nitrogens with zero attached hydrogens (tertiary/aromatic N) is 2. The van der Waals surface area contributed by atoms with E-state index in [-0.39, 0.29) is 18.2 Å². The molecule has 0 spiro atoms. The maximum Gasteiger partial charge on any atom is 0.159 e. The summed E-state index contributed by atoms with van der Waals surface area (Å²) in [4.78, 5) is 13.4. The zero-order valence-corrected chi connectivity index (χ0v) is 17.8. The molecule has 2 aromatic carbocycles. The van der Waals surface area contributed by atoms with Crippen LogP contribution < -0.4 is 4.74 Å². The number of aliphatic hydroxyl groups is 1. The van der Waals surface area contributed by atoms with Gasteiger partial charge >= 0.3 is 0 Å². The smallest absolute Gasteiger partial charge is 0.159 e. The Hall–Kier alpha value is -3.03. The Morgan fingerprint density at radius 3 is 2.58 bits per heavy atom. The highest BCUT2D eigenvalue weighted by Gasteiger charge is 2.10. The Bertz CT molecular complexity index is 970. The number of aliphatic hydroxyl groups excluding tert-OH is 1. The first kappa shape index (κ1) is 22.7. The number of rotatable bonds is 11. The van der Waals surface area contributed by atoms with E-state index < -0.39 is 6.10 Å². The number of carbonyl (C=O) groups excluding carboxylic acids is 1. The summed E-state index contributed by atoms with van der Waals surface area (Å²) in [6, 6.07) is 15.2. The summed E-state index contributed by atoms with van der Waals surface area (Å²) in [5.74, 6) is 0.374. The minimum absolute atomic E-state index is 0.00928. The standard InChI is InChI=1S/C24H28FN3O3/c1-17(29)18-7-11-23(12-8-18)31-16-22(30)15-28(2)13-3-4-21-14-24(27-26-21)19-5-9-20(25)10-6-19/h5-12,14,22,30H,3-4,13,15-16H2,1-2H3,(H,26,27). The minimum Gasteiger partial charge on any atom is -0.491 e. The number of nitrogens with one attached hydrogen (secondary N) is 1. The van der Waals surface area contributed by atoms with Crippen molar-refractivity contribution >= 4 is 5.78 Å². The van der Waals surface area contributed by atoms with Crippen LogP contribution in [0.1, 0.15) is 29.4 Å². The first-order valence-corrected chi connectivity index (χ1v) is 10.3. The molecule has 3 aromatic rings. The number of aromatic amines is 1. The number of ketones is 1. The number of ether oxygens (including phenoxy) is 1. The number of aromatic nitrogens is 2. The molecule has 1 unspecified atom stereocenters. The molecule has 0 fully saturated rings. The SMILES string of the molecule is CC(=O)c1ccc(OCC(O)CN(C)CCCc2cc(-c3ccc(F)cc3)n[nH]2)cc1. The van der Waals surface area contributed by atoms with Gasteiger partial charge in [-0.3, -0.25) is 9.89 Å². The van der Waals surface area contributed by atoms with Gasteiger partial charge in [-0.25, -0.2) is 4.39 Å². The molecule has 7 heteroatoms. The number of hydrogen-bond donors (Lipinski definition) is 2. The molecule has 6 nitrogen and oxygen atoms in total. The van der Waals surface area contributed by atoms with Crippen LogP contribution in [0.15, 0.2) is 54.6 Å². The quantitative estimate of drug-likeness (QED) is 0.458. The van der Waals surface area contributed by atoms with Crippen molar-refractivity contribution < 1.29 is 19.0 Å². The zero-order valence-electron chi connectivity index (χ0n) is 17.8. The number of benzene rings is 2. The maximum atomic E-state index is 13.0. The topological polar surface area (TPSA) is 78.5 Å². The van der Waals surface area contributed by atoms with Crippen LogP contribution in [0.25, 0.3) is 11.3 Å². The second-order valence-electron chi connectivity index (χ2n) is 7.70. The van der Waals surface area contributed by atoms with E-state index in [1.54, 1.807) is 36.4 Å². The minimum atomic E-state index is -0.616. The molecule has 3 rings (SSSR count). The van der Waals surface area contributed by atoms with Crippen molar-refractivity contribution in [1.82, 2.24) is 15.1 Å². The number of hydrogen-bond acceptors (Lipinski definition) is 5. The fourth-order valence-electron chi connectivity index (χ4n) is 3.28. The second kappa shape index (κ2) is 10.8. The summed E-state index contributed by atoms with van der Waals surface area (Å²) >= 11 is 0. The van der Waals surface area contributed by atoms with Gasteiger partial charge in [-0.1, -0.05) is 0 Å². The fourth-order valence-corrected chi connectivity index (χ4v) is 3.28. The highest BCUT2D eigenvalue weighted by Crippen LogP contribution is 2.18. The third-order valence-electron chi connectivity index (χ3n) is 4.98. The zero-order chi connectivity index (χ0) is 22.2. The molecule has 1 heterocycles. The largest absolute Gasteiger partial charge is 0.491 e. The maximum absolute atomic E-state index is 13.0. The van der Waals surface area contributed by atoms with Gasteiger partial charge in [0.25, 0.3) is 0 Å². The molecule has 2 N–H and O–H groups in total. The van der Waals surface area contributed by atoms with Crippen molar-refractivity contribution in [2.45, 2.75) is 25.9 Å². The van der Waals surface area contributed by atoms with E-state index in [1.165, 1.54) is 19.1 Å². The molecule has 0 radical (unpaired) electrons. The van der Waals surface area contributed by atoms with Crippen LogP contribution >= 0.6 is 0 Å². The Kier molecular flexibility index (Phi) is 7.92. The van der Waals surface area contributed by atoms with E-state index in [1.807, 2.05) is 13.1 Å². The van der Waals surface area contributed by atoms with E-state index in [0.29, 0.717) is 17.9 Å². The predicted molar refractivity (Wildman–Crippen MR) is 118 cm³/mol. The van der Waals surface area contributed by atoms with Crippen molar-refractivity contribution in [3.8, 4) is 17.0 Å². The number of halogens is 1. The van der Waals surface area contributed by atoms with Crippen LogP contribution in [0, 0.1) is 5.82 Å². The summed E-state index contributed by atoms with van der Waals surface area (Å²) in [7, 11) is 1.96. The Labute approximate surface area is 181 Å². The molecule has 1 aromatic heterocycles. The van der Waals surface area contributed by atoms with Gasteiger partial charge in [0.2, 0.25) is 0 Å². The molecule has 0 aliphatic heterocycles. The molecule has 31 heavy (non-hydrogen) atoms. The summed E-state index contributed by atoms with van der Waals surface area (Å²) in [5, 5.41) is 17.5. The van der Waals surface area contributed by atoms with Gasteiger partial charge in [-0.15, -0.1) is 0 Å². The number of carbonyl (C=O) groups is 1. The number of aryl methyl sites for hydroxylation is 1. The normalized spacial score (nSPS) is 12.2. The van der Waals surface area contributed by atoms with Crippen molar-refractivity contribution in [3.05, 3.63) is 71.7 Å². The second-order valence-corrected chi connectivity index (χ2v) is 7.70. The number of Topliss-reactive ketones (excluding diaryl/α,β-unsaturated/α-hetero) is 1. The molecule has 0 saturated heterocycles. The van der Waals surface area contributed by atoms with Crippen LogP contribution in [0.4, 0.5) is 4.39 Å². The van der Waals surface area contributed by atoms with E-state index in [4.69, 9.17) is 4.74 Å². The van der Waals surface area contributed by atoms with Gasteiger partial charge in [0.15, 0.2) is 5.78 Å². The van der Waals surface area contributed by atoms with Gasteiger partial charge < -0.3 is 14.7 Å². The van der Waals surface area contributed by atoms with Gasteiger partial charge in [0, 0.05) is 23.4 Å². The predicted octanol–water partition coefficient (Wildman–Crippen LogP) is 3.72. The Morgan fingerprint density at radius 1 is 1.19 bits per heavy atom. The molecule has 0 aliphatic rings. The van der Waals surface area contributed by atoms with Gasteiger partial charge in [0.05, 0.1) is 5.69 Å². The lowest BCUT2D eigenvalue weighted by Gasteiger charge is -2.20. The Morgan fingerprint density at radius 2 is 1.90 bits per heavy atom. The lowest BCUT2D eigenvalue weighted by molar-refractivity contribution is 0.0760. The highest BCUT2D eigenvalue weighted by molar-refractivity contribution is 5.94. The van der Waals surface area contributed by atoms with Crippen molar-refractivity contribution in [2.24, 2.45) is 0 Å². The first-order chi connectivity index (χ1) is 14.9. The highest BCUT2D eigenvalue weighted by atomic mass is 19.1. The lowest BCUT2D eigenvalue weighted by atomic mass is 10.1. The summed E-state index contributed by atoms with van der Waals surface area (Å²) in [6.45, 7) is 3.02. The van der Waals surface area contributed by atoms with Crippen molar-refractivity contribution in [1.29, 1.82) is 0 Å². The van der Waals surface area contributed by atoms with Crippen molar-refractivity contribution in [2.75, 3.05) is 26.7 Å². The molecular formula is C24H28FN3O3. The fraction of sp³-hybridized carbons (Fsp3) is 0.333. The van der Waals surface area contributed by atoms with Gasteiger partial charge in [-0.05, 0) is 88.0 Å². The third-order valence-corrected chi connectivity index (χ3v) is 4.98. The van der Waals surface area contributed by atoms with Crippen molar-refractivity contribution in [3.63, 3.8) is 0 Å². The first-order valence-electron chi connectivity index (χ1n) is 10.3. The Balaban J connectivity index is 1.36. The summed E-state index contributed by atoms with van der Waals surface area (Å²) < 4.78 is 18.7. The molecule has 0 bridgehead atoms. The molecule has 164 valence electrons. The average Bonchev–Trinajstić information content (AvgIpc) is 3.22. The molecule has 0 saturated carbocycles. The van der Waals surface area contributed by atoms with Crippen LogP contribution in [0.2, 0.25) is 0 Å². The van der Waals surface area contributed by atoms with E-state index in [0.717, 1.165) is 36.3 Å². The van der Waals surface area contributed by atoms with Gasteiger partial charge in [-0.2, -0.15) is 5.10 Å². The van der Waals surface area contributed by atoms with Crippen LogP contribution in [-0.2, 0) is 6.42 Å². The molecule has 1 atom stereocenters. The average molecular weight is 426 g/mol. The van der Waals surface area contributed by atoms with Crippen LogP contribution in [0.3, 0.4) is 0 Å². The molecule has 0 aliphatic carbocycles. The van der Waals surface area contributed by atoms with E-state index in [2.05, 4.69) is 15.1 Å². The monoisotopic (exact) mass is 425 g/mol. The number of H-pyrrole nitrogens is 1. The summed E-state index contributed by atoms with van der Waals surface area (Å²) in [6.07, 6.45) is 1.12. The van der Waals surface area contributed by atoms with E-state index >= 15 is 0 Å². The van der Waals surface area contributed by atoms with Crippen LogP contribution in [-0.4, -0.2) is 58.8 Å². The van der Waals surface area contributed by atoms with Gasteiger partial charge in [0.1, 0.15) is 24.3 Å². The molecular weight excluding hydrogens is 397 g/mol. The number of likely N-dealkylation sites (N-methyl/N-ethyl adjacent to an activating group) is 1. The molecule has 0 amide bonds. The van der Waals surface area contributed by atoms with Crippen LogP contribution in [0.5, 0.6) is 5.75 Å². The summed E-state index contributed by atoms with van der Waals surface area (Å²) in [5.41, 5.74) is 3.33. The van der Waals surface area contributed by atoms with E-state index in [9.17, 15) is 14.3 Å². The lowest BCUT2D eigenvalue weighted by Crippen LogP contribution is -2.33.